The summed E-state index contributed by atoms with van der Waals surface area (Å²) in [4.78, 5) is 30.7. The zero-order valence-electron chi connectivity index (χ0n) is 20.8. The molecule has 0 bridgehead atoms. The number of carbonyl (C=O) groups excluding carboxylic acids is 2. The molecule has 8 heteroatoms. The number of piperidine rings is 1. The van der Waals surface area contributed by atoms with Crippen LogP contribution in [0.2, 0.25) is 0 Å². The maximum Gasteiger partial charge on any atom is 0.410 e. The number of carbonyl (C=O) groups is 2. The fourth-order valence-electron chi connectivity index (χ4n) is 4.80. The molecule has 1 aromatic carbocycles. The summed E-state index contributed by atoms with van der Waals surface area (Å²) >= 11 is 0. The van der Waals surface area contributed by atoms with Crippen LogP contribution in [0.25, 0.3) is 0 Å². The minimum absolute atomic E-state index is 0.223. The van der Waals surface area contributed by atoms with Crippen LogP contribution in [0.4, 0.5) is 9.59 Å². The third-order valence-electron chi connectivity index (χ3n) is 6.84. The van der Waals surface area contributed by atoms with Crippen molar-refractivity contribution in [3.63, 3.8) is 0 Å². The number of nitrogens with zero attached hydrogens (tertiary/aromatic N) is 3. The smallest absolute Gasteiger partial charge is 0.410 e. The van der Waals surface area contributed by atoms with Gasteiger partial charge in [0.2, 0.25) is 0 Å². The number of piperazine rings is 1. The van der Waals surface area contributed by atoms with Gasteiger partial charge in [0.25, 0.3) is 0 Å². The Morgan fingerprint density at radius 3 is 2.09 bits per heavy atom. The van der Waals surface area contributed by atoms with Crippen LogP contribution in [-0.2, 0) is 20.8 Å². The second kappa shape index (κ2) is 11.0. The fraction of sp³-hybridized carbons (Fsp3) is 0.692. The van der Waals surface area contributed by atoms with Gasteiger partial charge in [0.05, 0.1) is 12.2 Å². The van der Waals surface area contributed by atoms with E-state index in [0.29, 0.717) is 44.9 Å². The minimum Gasteiger partial charge on any atom is -0.445 e. The van der Waals surface area contributed by atoms with Crippen LogP contribution in [0.1, 0.15) is 52.0 Å². The van der Waals surface area contributed by atoms with Crippen LogP contribution >= 0.6 is 0 Å². The molecule has 4 rings (SSSR count). The van der Waals surface area contributed by atoms with E-state index in [1.165, 1.54) is 0 Å². The second-order valence-electron chi connectivity index (χ2n) is 10.6. The van der Waals surface area contributed by atoms with Crippen molar-refractivity contribution >= 4 is 12.2 Å². The molecule has 3 aliphatic rings. The summed E-state index contributed by atoms with van der Waals surface area (Å²) in [5.74, 6) is 0. The topological polar surface area (TPSA) is 71.5 Å². The van der Waals surface area contributed by atoms with E-state index in [0.717, 1.165) is 44.3 Å². The molecule has 0 aromatic heterocycles. The first-order chi connectivity index (χ1) is 16.3. The number of benzene rings is 1. The van der Waals surface area contributed by atoms with Crippen molar-refractivity contribution in [3.8, 4) is 0 Å². The fourth-order valence-corrected chi connectivity index (χ4v) is 4.80. The lowest BCUT2D eigenvalue weighted by atomic mass is 9.87. The second-order valence-corrected chi connectivity index (χ2v) is 10.6. The van der Waals surface area contributed by atoms with Gasteiger partial charge >= 0.3 is 12.2 Å². The summed E-state index contributed by atoms with van der Waals surface area (Å²) in [6, 6.07) is 10.3. The number of rotatable bonds is 5. The van der Waals surface area contributed by atoms with Gasteiger partial charge in [0.1, 0.15) is 12.2 Å². The third kappa shape index (κ3) is 6.85. The predicted octanol–water partition coefficient (Wildman–Crippen LogP) is 3.89. The highest BCUT2D eigenvalue weighted by molar-refractivity contribution is 5.68. The van der Waals surface area contributed by atoms with Gasteiger partial charge in [0.15, 0.2) is 0 Å². The molecule has 3 fully saturated rings. The van der Waals surface area contributed by atoms with Gasteiger partial charge < -0.3 is 24.0 Å². The Kier molecular flexibility index (Phi) is 7.99. The lowest BCUT2D eigenvalue weighted by Gasteiger charge is -2.47. The van der Waals surface area contributed by atoms with Crippen molar-refractivity contribution in [3.05, 3.63) is 35.9 Å². The Bertz CT molecular complexity index is 805. The Balaban J connectivity index is 1.09. The van der Waals surface area contributed by atoms with Gasteiger partial charge in [-0.2, -0.15) is 0 Å². The van der Waals surface area contributed by atoms with Crippen LogP contribution < -0.4 is 0 Å². The first kappa shape index (κ1) is 24.8. The van der Waals surface area contributed by atoms with Crippen LogP contribution in [-0.4, -0.2) is 90.0 Å². The highest BCUT2D eigenvalue weighted by Gasteiger charge is 2.38. The van der Waals surface area contributed by atoms with Crippen LogP contribution in [0, 0.1) is 0 Å². The zero-order valence-corrected chi connectivity index (χ0v) is 20.8. The van der Waals surface area contributed by atoms with Crippen molar-refractivity contribution in [1.82, 2.24) is 14.7 Å². The number of hydrogen-bond donors (Lipinski definition) is 0. The average Bonchev–Trinajstić information content (AvgIpc) is 2.80. The van der Waals surface area contributed by atoms with E-state index in [2.05, 4.69) is 4.90 Å². The predicted molar refractivity (Wildman–Crippen MR) is 128 cm³/mol. The van der Waals surface area contributed by atoms with Gasteiger partial charge in [-0.1, -0.05) is 30.3 Å². The first-order valence-electron chi connectivity index (χ1n) is 12.6. The molecule has 2 amide bonds. The molecule has 0 atom stereocenters. The molecule has 0 radical (unpaired) electrons. The quantitative estimate of drug-likeness (QED) is 0.646. The molecule has 1 aromatic rings. The highest BCUT2D eigenvalue weighted by atomic mass is 16.6. The molecule has 2 heterocycles. The monoisotopic (exact) mass is 473 g/mol. The molecule has 188 valence electrons. The van der Waals surface area contributed by atoms with Crippen LogP contribution in [0.3, 0.4) is 0 Å². The van der Waals surface area contributed by atoms with E-state index in [-0.39, 0.29) is 18.3 Å². The average molecular weight is 474 g/mol. The summed E-state index contributed by atoms with van der Waals surface area (Å²) in [7, 11) is 0. The first-order valence-corrected chi connectivity index (χ1v) is 12.6. The molecular weight excluding hydrogens is 434 g/mol. The van der Waals surface area contributed by atoms with Gasteiger partial charge in [-0.3, -0.25) is 4.90 Å². The summed E-state index contributed by atoms with van der Waals surface area (Å²) in [6.07, 6.45) is 3.90. The standard InChI is InChI=1S/C26H39N3O5/c1-26(2,3)34-25(31)28-11-9-22(10-12-28)33-23-17-21(18-23)27-13-15-29(16-14-27)24(30)32-19-20-7-5-4-6-8-20/h4-8,21-23H,9-19H2,1-3H3/t21-,23-. The number of amides is 2. The normalized spacial score (nSPS) is 24.4. The summed E-state index contributed by atoms with van der Waals surface area (Å²) in [5, 5.41) is 0. The SMILES string of the molecule is CC(C)(C)OC(=O)N1CCC(O[C@H]2C[C@H](N3CCN(C(=O)OCc4ccccc4)CC3)C2)CC1. The third-order valence-corrected chi connectivity index (χ3v) is 6.84. The number of ether oxygens (including phenoxy) is 3. The Morgan fingerprint density at radius 1 is 0.853 bits per heavy atom. The van der Waals surface area contributed by atoms with Crippen molar-refractivity contribution in [2.75, 3.05) is 39.3 Å². The van der Waals surface area contributed by atoms with E-state index in [4.69, 9.17) is 14.2 Å². The van der Waals surface area contributed by atoms with Gasteiger partial charge in [0, 0.05) is 45.3 Å². The maximum absolute atomic E-state index is 12.4. The van der Waals surface area contributed by atoms with Crippen LogP contribution in [0.5, 0.6) is 0 Å². The molecule has 2 saturated heterocycles. The van der Waals surface area contributed by atoms with Gasteiger partial charge in [-0.05, 0) is 52.0 Å². The van der Waals surface area contributed by atoms with E-state index in [9.17, 15) is 9.59 Å². The maximum atomic E-state index is 12.4. The number of hydrogen-bond acceptors (Lipinski definition) is 6. The molecule has 2 aliphatic heterocycles. The highest BCUT2D eigenvalue weighted by Crippen LogP contribution is 2.32. The van der Waals surface area contributed by atoms with Crippen molar-refractivity contribution in [2.24, 2.45) is 0 Å². The zero-order chi connectivity index (χ0) is 24.1. The Hall–Kier alpha value is -2.32. The van der Waals surface area contributed by atoms with E-state index in [1.54, 1.807) is 4.90 Å². The molecule has 34 heavy (non-hydrogen) atoms. The molecular formula is C26H39N3O5. The van der Waals surface area contributed by atoms with Crippen molar-refractivity contribution < 1.29 is 23.8 Å². The minimum atomic E-state index is -0.459. The van der Waals surface area contributed by atoms with E-state index >= 15 is 0 Å². The summed E-state index contributed by atoms with van der Waals surface area (Å²) in [5.41, 5.74) is 0.546. The summed E-state index contributed by atoms with van der Waals surface area (Å²) < 4.78 is 17.3. The summed E-state index contributed by atoms with van der Waals surface area (Å²) in [6.45, 7) is 10.6. The molecule has 1 aliphatic carbocycles. The van der Waals surface area contributed by atoms with Crippen molar-refractivity contribution in [1.29, 1.82) is 0 Å². The molecule has 1 saturated carbocycles. The van der Waals surface area contributed by atoms with Crippen molar-refractivity contribution in [2.45, 2.75) is 76.9 Å². The lowest BCUT2D eigenvalue weighted by molar-refractivity contribution is -0.107. The van der Waals surface area contributed by atoms with E-state index in [1.807, 2.05) is 56.0 Å². The van der Waals surface area contributed by atoms with E-state index < -0.39 is 5.60 Å². The van der Waals surface area contributed by atoms with Crippen LogP contribution in [0.15, 0.2) is 30.3 Å². The largest absolute Gasteiger partial charge is 0.445 e. The van der Waals surface area contributed by atoms with Gasteiger partial charge in [-0.15, -0.1) is 0 Å². The molecule has 0 spiro atoms. The lowest BCUT2D eigenvalue weighted by Crippen LogP contribution is -2.57. The molecule has 0 N–H and O–H groups in total. The Labute approximate surface area is 203 Å². The molecule has 8 nitrogen and oxygen atoms in total. The molecule has 0 unspecified atom stereocenters. The Morgan fingerprint density at radius 2 is 1.47 bits per heavy atom. The number of likely N-dealkylation sites (tertiary alicyclic amines) is 1. The van der Waals surface area contributed by atoms with Gasteiger partial charge in [-0.25, -0.2) is 9.59 Å².